The highest BCUT2D eigenvalue weighted by Gasteiger charge is 2.02. The Morgan fingerprint density at radius 2 is 2.07 bits per heavy atom. The van der Waals surface area contributed by atoms with Crippen LogP contribution >= 0.6 is 15.9 Å². The molecule has 1 aromatic carbocycles. The van der Waals surface area contributed by atoms with Crippen molar-refractivity contribution in [2.45, 2.75) is 6.92 Å². The smallest absolute Gasteiger partial charge is 0.116 e. The number of aromatic hydroxyl groups is 1. The summed E-state index contributed by atoms with van der Waals surface area (Å²) in [5.74, 6) is 0.259. The summed E-state index contributed by atoms with van der Waals surface area (Å²) < 4.78 is 0.992. The lowest BCUT2D eigenvalue weighted by atomic mass is 10.1. The Bertz CT molecular complexity index is 497. The molecule has 1 N–H and O–H groups in total. The summed E-state index contributed by atoms with van der Waals surface area (Å²) in [6.45, 7) is 2.01. The summed E-state index contributed by atoms with van der Waals surface area (Å²) in [5, 5.41) is 9.36. The molecular weight excluding hydrogens is 254 g/mol. The first-order valence-electron chi connectivity index (χ1n) is 4.58. The average Bonchev–Trinajstić information content (AvgIpc) is 2.22. The van der Waals surface area contributed by atoms with Gasteiger partial charge in [0.2, 0.25) is 0 Å². The largest absolute Gasteiger partial charge is 0.508 e. The molecule has 2 nitrogen and oxygen atoms in total. The Morgan fingerprint density at radius 3 is 2.73 bits per heavy atom. The molecule has 0 radical (unpaired) electrons. The molecule has 0 spiro atoms. The molecule has 0 aliphatic heterocycles. The number of aromatic nitrogens is 1. The third kappa shape index (κ3) is 2.18. The molecule has 76 valence electrons. The van der Waals surface area contributed by atoms with Gasteiger partial charge in [-0.05, 0) is 46.6 Å². The van der Waals surface area contributed by atoms with E-state index in [9.17, 15) is 5.11 Å². The summed E-state index contributed by atoms with van der Waals surface area (Å²) in [5.41, 5.74) is 2.92. The van der Waals surface area contributed by atoms with Gasteiger partial charge >= 0.3 is 0 Å². The Balaban J connectivity index is 2.50. The summed E-state index contributed by atoms with van der Waals surface area (Å²) in [6.07, 6.45) is 1.77. The molecular formula is C12H10BrNO. The van der Waals surface area contributed by atoms with Gasteiger partial charge in [0.05, 0.1) is 5.69 Å². The highest BCUT2D eigenvalue weighted by Crippen LogP contribution is 2.24. The van der Waals surface area contributed by atoms with Crippen molar-refractivity contribution in [3.8, 4) is 17.0 Å². The third-order valence-electron chi connectivity index (χ3n) is 2.19. The van der Waals surface area contributed by atoms with E-state index >= 15 is 0 Å². The van der Waals surface area contributed by atoms with Crippen LogP contribution in [0.1, 0.15) is 5.56 Å². The van der Waals surface area contributed by atoms with Crippen LogP contribution in [0.3, 0.4) is 0 Å². The fourth-order valence-corrected chi connectivity index (χ4v) is 1.58. The van der Waals surface area contributed by atoms with Gasteiger partial charge in [-0.2, -0.15) is 0 Å². The van der Waals surface area contributed by atoms with Crippen molar-refractivity contribution >= 4 is 15.9 Å². The molecule has 0 aliphatic carbocycles. The predicted octanol–water partition coefficient (Wildman–Crippen LogP) is 3.53. The molecule has 0 unspecified atom stereocenters. The lowest BCUT2D eigenvalue weighted by molar-refractivity contribution is 0.475. The van der Waals surface area contributed by atoms with Gasteiger partial charge in [0.1, 0.15) is 5.75 Å². The molecule has 2 rings (SSSR count). The molecule has 0 bridgehead atoms. The summed E-state index contributed by atoms with van der Waals surface area (Å²) in [6, 6.07) is 9.07. The lowest BCUT2D eigenvalue weighted by Gasteiger charge is -2.03. The Labute approximate surface area is 96.7 Å². The van der Waals surface area contributed by atoms with Gasteiger partial charge in [-0.15, -0.1) is 0 Å². The monoisotopic (exact) mass is 263 g/mol. The van der Waals surface area contributed by atoms with Crippen molar-refractivity contribution in [1.82, 2.24) is 4.98 Å². The van der Waals surface area contributed by atoms with E-state index in [1.165, 1.54) is 0 Å². The number of phenols is 1. The quantitative estimate of drug-likeness (QED) is 0.854. The van der Waals surface area contributed by atoms with Crippen LogP contribution in [0.2, 0.25) is 0 Å². The van der Waals surface area contributed by atoms with Crippen LogP contribution in [-0.4, -0.2) is 10.1 Å². The van der Waals surface area contributed by atoms with Gasteiger partial charge in [-0.3, -0.25) is 4.98 Å². The first-order chi connectivity index (χ1) is 7.16. The van der Waals surface area contributed by atoms with Crippen molar-refractivity contribution in [2.75, 3.05) is 0 Å². The maximum Gasteiger partial charge on any atom is 0.116 e. The van der Waals surface area contributed by atoms with E-state index in [2.05, 4.69) is 20.9 Å². The van der Waals surface area contributed by atoms with Gasteiger partial charge < -0.3 is 5.11 Å². The van der Waals surface area contributed by atoms with E-state index < -0.39 is 0 Å². The number of rotatable bonds is 1. The minimum absolute atomic E-state index is 0.259. The highest BCUT2D eigenvalue weighted by molar-refractivity contribution is 9.10. The number of hydrogen-bond acceptors (Lipinski definition) is 2. The Hall–Kier alpha value is -1.35. The van der Waals surface area contributed by atoms with Crippen LogP contribution in [0.4, 0.5) is 0 Å². The fourth-order valence-electron chi connectivity index (χ4n) is 1.36. The van der Waals surface area contributed by atoms with Crippen molar-refractivity contribution in [3.05, 3.63) is 46.6 Å². The molecule has 0 aliphatic rings. The second-order valence-corrected chi connectivity index (χ2v) is 4.22. The van der Waals surface area contributed by atoms with Crippen LogP contribution in [0.25, 0.3) is 11.3 Å². The number of pyridine rings is 1. The lowest BCUT2D eigenvalue weighted by Crippen LogP contribution is -1.85. The zero-order valence-corrected chi connectivity index (χ0v) is 9.82. The summed E-state index contributed by atoms with van der Waals surface area (Å²) >= 11 is 3.40. The average molecular weight is 264 g/mol. The van der Waals surface area contributed by atoms with Crippen LogP contribution in [-0.2, 0) is 0 Å². The van der Waals surface area contributed by atoms with Crippen LogP contribution in [0.5, 0.6) is 5.75 Å². The molecule has 1 aromatic heterocycles. The summed E-state index contributed by atoms with van der Waals surface area (Å²) in [4.78, 5) is 4.29. The van der Waals surface area contributed by atoms with Crippen molar-refractivity contribution in [2.24, 2.45) is 0 Å². The first-order valence-corrected chi connectivity index (χ1v) is 5.37. The first kappa shape index (κ1) is 10.2. The van der Waals surface area contributed by atoms with Crippen molar-refractivity contribution in [1.29, 1.82) is 0 Å². The molecule has 1 heterocycles. The van der Waals surface area contributed by atoms with E-state index in [-0.39, 0.29) is 5.75 Å². The van der Waals surface area contributed by atoms with E-state index in [0.717, 1.165) is 21.3 Å². The second kappa shape index (κ2) is 4.03. The van der Waals surface area contributed by atoms with Crippen LogP contribution in [0, 0.1) is 6.92 Å². The van der Waals surface area contributed by atoms with Gasteiger partial charge in [-0.25, -0.2) is 0 Å². The van der Waals surface area contributed by atoms with Crippen LogP contribution in [0.15, 0.2) is 41.0 Å². The molecule has 0 fully saturated rings. The van der Waals surface area contributed by atoms with Crippen molar-refractivity contribution in [3.63, 3.8) is 0 Å². The zero-order valence-electron chi connectivity index (χ0n) is 8.24. The minimum Gasteiger partial charge on any atom is -0.508 e. The molecule has 0 saturated carbocycles. The predicted molar refractivity (Wildman–Crippen MR) is 63.8 cm³/mol. The maximum atomic E-state index is 9.36. The normalized spacial score (nSPS) is 10.3. The van der Waals surface area contributed by atoms with Crippen LogP contribution < -0.4 is 0 Å². The van der Waals surface area contributed by atoms with Gasteiger partial charge in [0.15, 0.2) is 0 Å². The van der Waals surface area contributed by atoms with E-state index in [4.69, 9.17) is 0 Å². The number of nitrogens with zero attached hydrogens (tertiary/aromatic N) is 1. The minimum atomic E-state index is 0.259. The van der Waals surface area contributed by atoms with E-state index in [0.29, 0.717) is 0 Å². The number of aryl methyl sites for hydroxylation is 1. The highest BCUT2D eigenvalue weighted by atomic mass is 79.9. The third-order valence-corrected chi connectivity index (χ3v) is 3.02. The number of hydrogen-bond donors (Lipinski definition) is 1. The number of benzene rings is 1. The Morgan fingerprint density at radius 1 is 1.27 bits per heavy atom. The zero-order chi connectivity index (χ0) is 10.8. The molecule has 3 heteroatoms. The number of halogens is 1. The number of phenolic OH excluding ortho intramolecular Hbond substituents is 1. The topological polar surface area (TPSA) is 33.1 Å². The second-order valence-electron chi connectivity index (χ2n) is 3.37. The van der Waals surface area contributed by atoms with Crippen molar-refractivity contribution < 1.29 is 5.11 Å². The molecule has 0 atom stereocenters. The standard InChI is InChI=1S/C12H10BrNO/c1-8-5-12(14-7-11(8)13)9-3-2-4-10(15)6-9/h2-7,15H,1H3. The molecule has 15 heavy (non-hydrogen) atoms. The molecule has 0 amide bonds. The van der Waals surface area contributed by atoms with Gasteiger partial charge in [0, 0.05) is 16.2 Å². The summed E-state index contributed by atoms with van der Waals surface area (Å²) in [7, 11) is 0. The van der Waals surface area contributed by atoms with E-state index in [1.54, 1.807) is 18.3 Å². The SMILES string of the molecule is Cc1cc(-c2cccc(O)c2)ncc1Br. The van der Waals surface area contributed by atoms with Gasteiger partial charge in [0.25, 0.3) is 0 Å². The molecule has 0 saturated heterocycles. The van der Waals surface area contributed by atoms with Gasteiger partial charge in [-0.1, -0.05) is 12.1 Å². The maximum absolute atomic E-state index is 9.36. The molecule has 2 aromatic rings. The van der Waals surface area contributed by atoms with E-state index in [1.807, 2.05) is 25.1 Å². The fraction of sp³-hybridized carbons (Fsp3) is 0.0833. The Kier molecular flexibility index (Phi) is 2.73.